The van der Waals surface area contributed by atoms with Gasteiger partial charge in [-0.2, -0.15) is 4.98 Å². The number of hydrogen-bond acceptors (Lipinski definition) is 5. The normalized spacial score (nSPS) is 11.2. The Morgan fingerprint density at radius 3 is 2.83 bits per heavy atom. The number of nitrogens with one attached hydrogen (secondary N) is 4. The van der Waals surface area contributed by atoms with Gasteiger partial charge in [0.05, 0.1) is 11.0 Å². The van der Waals surface area contributed by atoms with E-state index in [0.717, 1.165) is 41.2 Å². The molecule has 29 heavy (non-hydrogen) atoms. The molecule has 0 aliphatic heterocycles. The molecule has 5 aromatic rings. The highest BCUT2D eigenvalue weighted by molar-refractivity contribution is 5.80. The monoisotopic (exact) mass is 383 g/mol. The molecule has 5 rings (SSSR count). The number of benzene rings is 2. The van der Waals surface area contributed by atoms with Crippen LogP contribution in [-0.2, 0) is 13.0 Å². The molecule has 3 heterocycles. The van der Waals surface area contributed by atoms with Crippen molar-refractivity contribution in [2.75, 3.05) is 17.2 Å². The van der Waals surface area contributed by atoms with Gasteiger partial charge in [0.1, 0.15) is 11.6 Å². The number of para-hydroxylation sites is 2. The van der Waals surface area contributed by atoms with Crippen molar-refractivity contribution in [2.45, 2.75) is 13.0 Å². The lowest BCUT2D eigenvalue weighted by Gasteiger charge is -2.08. The summed E-state index contributed by atoms with van der Waals surface area (Å²) < 4.78 is 0. The molecule has 0 bridgehead atoms. The molecule has 0 saturated heterocycles. The third-order valence-corrected chi connectivity index (χ3v) is 4.83. The minimum Gasteiger partial charge on any atom is -0.369 e. The van der Waals surface area contributed by atoms with Gasteiger partial charge in [-0.15, -0.1) is 0 Å². The van der Waals surface area contributed by atoms with Crippen molar-refractivity contribution in [3.8, 4) is 0 Å². The Morgan fingerprint density at radius 2 is 1.86 bits per heavy atom. The van der Waals surface area contributed by atoms with Gasteiger partial charge in [0.15, 0.2) is 0 Å². The van der Waals surface area contributed by atoms with Crippen LogP contribution in [0.4, 0.5) is 11.8 Å². The first-order valence-electron chi connectivity index (χ1n) is 9.64. The molecule has 3 aromatic heterocycles. The Balaban J connectivity index is 1.18. The lowest BCUT2D eigenvalue weighted by atomic mass is 10.1. The molecule has 0 saturated carbocycles. The second kappa shape index (κ2) is 7.63. The van der Waals surface area contributed by atoms with Crippen LogP contribution >= 0.6 is 0 Å². The zero-order valence-corrected chi connectivity index (χ0v) is 15.8. The highest BCUT2D eigenvalue weighted by atomic mass is 15.1. The second-order valence-electron chi connectivity index (χ2n) is 6.90. The average Bonchev–Trinajstić information content (AvgIpc) is 3.38. The number of H-pyrrole nitrogens is 2. The first-order valence-corrected chi connectivity index (χ1v) is 9.64. The minimum atomic E-state index is 0.605. The van der Waals surface area contributed by atoms with E-state index < -0.39 is 0 Å². The van der Waals surface area contributed by atoms with E-state index in [1.165, 1.54) is 10.9 Å². The van der Waals surface area contributed by atoms with Gasteiger partial charge in [-0.3, -0.25) is 0 Å². The predicted molar refractivity (Wildman–Crippen MR) is 116 cm³/mol. The zero-order valence-electron chi connectivity index (χ0n) is 15.8. The van der Waals surface area contributed by atoms with Gasteiger partial charge in [-0.25, -0.2) is 9.97 Å². The van der Waals surface area contributed by atoms with E-state index in [-0.39, 0.29) is 0 Å². The Hall–Kier alpha value is -3.87. The van der Waals surface area contributed by atoms with Gasteiger partial charge >= 0.3 is 0 Å². The minimum absolute atomic E-state index is 0.605. The van der Waals surface area contributed by atoms with Crippen molar-refractivity contribution in [1.82, 2.24) is 24.9 Å². The summed E-state index contributed by atoms with van der Waals surface area (Å²) >= 11 is 0. The summed E-state index contributed by atoms with van der Waals surface area (Å²) in [7, 11) is 0. The Bertz CT molecular complexity index is 1220. The lowest BCUT2D eigenvalue weighted by Crippen LogP contribution is -2.09. The molecule has 2 aromatic carbocycles. The van der Waals surface area contributed by atoms with Crippen LogP contribution in [0.25, 0.3) is 21.9 Å². The van der Waals surface area contributed by atoms with Gasteiger partial charge in [-0.1, -0.05) is 18.2 Å². The number of imidazole rings is 1. The number of hydrogen-bond donors (Lipinski definition) is 4. The van der Waals surface area contributed by atoms with E-state index in [9.17, 15) is 0 Å². The smallest absolute Gasteiger partial charge is 0.224 e. The lowest BCUT2D eigenvalue weighted by molar-refractivity contribution is 0.925. The summed E-state index contributed by atoms with van der Waals surface area (Å²) in [6, 6.07) is 18.3. The largest absolute Gasteiger partial charge is 0.369 e. The molecule has 0 fully saturated rings. The summed E-state index contributed by atoms with van der Waals surface area (Å²) in [5.41, 5.74) is 4.38. The van der Waals surface area contributed by atoms with E-state index in [2.05, 4.69) is 59.8 Å². The van der Waals surface area contributed by atoms with Crippen molar-refractivity contribution in [3.05, 3.63) is 78.4 Å². The molecule has 0 atom stereocenters. The van der Waals surface area contributed by atoms with E-state index in [1.54, 1.807) is 6.20 Å². The van der Waals surface area contributed by atoms with Crippen molar-refractivity contribution in [1.29, 1.82) is 0 Å². The fraction of sp³-hybridized carbons (Fsp3) is 0.136. The molecule has 0 amide bonds. The summed E-state index contributed by atoms with van der Waals surface area (Å²) in [4.78, 5) is 20.0. The van der Waals surface area contributed by atoms with Crippen LogP contribution in [0, 0.1) is 0 Å². The molecular weight excluding hydrogens is 362 g/mol. The molecule has 7 heteroatoms. The van der Waals surface area contributed by atoms with Gasteiger partial charge in [0.2, 0.25) is 5.95 Å². The van der Waals surface area contributed by atoms with Crippen LogP contribution in [-0.4, -0.2) is 31.5 Å². The molecule has 0 unspecified atom stereocenters. The predicted octanol–water partition coefficient (Wildman–Crippen LogP) is 4.10. The van der Waals surface area contributed by atoms with Gasteiger partial charge in [0, 0.05) is 37.4 Å². The number of nitrogens with zero attached hydrogens (tertiary/aromatic N) is 3. The number of anilines is 2. The molecule has 4 N–H and O–H groups in total. The van der Waals surface area contributed by atoms with Crippen LogP contribution in [0.3, 0.4) is 0 Å². The third kappa shape index (κ3) is 3.89. The van der Waals surface area contributed by atoms with E-state index in [1.807, 2.05) is 36.5 Å². The second-order valence-corrected chi connectivity index (χ2v) is 6.90. The zero-order chi connectivity index (χ0) is 19.5. The van der Waals surface area contributed by atoms with Crippen LogP contribution < -0.4 is 10.6 Å². The molecule has 7 nitrogen and oxygen atoms in total. The molecule has 0 spiro atoms. The van der Waals surface area contributed by atoms with Crippen LogP contribution in [0.5, 0.6) is 0 Å². The Labute approximate surface area is 167 Å². The number of aromatic amines is 2. The van der Waals surface area contributed by atoms with Gasteiger partial charge in [-0.05, 0) is 47.3 Å². The topological polar surface area (TPSA) is 94.3 Å². The first-order chi connectivity index (χ1) is 14.3. The van der Waals surface area contributed by atoms with Crippen molar-refractivity contribution in [3.63, 3.8) is 0 Å². The van der Waals surface area contributed by atoms with E-state index in [4.69, 9.17) is 0 Å². The summed E-state index contributed by atoms with van der Waals surface area (Å²) in [5, 5.41) is 7.83. The van der Waals surface area contributed by atoms with Crippen LogP contribution in [0.2, 0.25) is 0 Å². The van der Waals surface area contributed by atoms with Crippen molar-refractivity contribution in [2.24, 2.45) is 0 Å². The maximum Gasteiger partial charge on any atom is 0.224 e. The summed E-state index contributed by atoms with van der Waals surface area (Å²) in [5.74, 6) is 2.36. The molecule has 0 aliphatic rings. The third-order valence-electron chi connectivity index (χ3n) is 4.83. The highest BCUT2D eigenvalue weighted by Gasteiger charge is 2.04. The van der Waals surface area contributed by atoms with Crippen LogP contribution in [0.15, 0.2) is 67.0 Å². The average molecular weight is 383 g/mol. The van der Waals surface area contributed by atoms with Crippen molar-refractivity contribution >= 4 is 33.7 Å². The molecule has 0 aliphatic carbocycles. The molecule has 0 radical (unpaired) electrons. The highest BCUT2D eigenvalue weighted by Crippen LogP contribution is 2.15. The Kier molecular flexibility index (Phi) is 4.54. The number of aromatic nitrogens is 5. The number of fused-ring (bicyclic) bond motifs is 2. The Morgan fingerprint density at radius 1 is 0.897 bits per heavy atom. The maximum atomic E-state index is 4.60. The summed E-state index contributed by atoms with van der Waals surface area (Å²) in [6.45, 7) is 1.41. The van der Waals surface area contributed by atoms with Crippen LogP contribution in [0.1, 0.15) is 11.4 Å². The van der Waals surface area contributed by atoms with Gasteiger partial charge < -0.3 is 20.6 Å². The number of rotatable bonds is 7. The first kappa shape index (κ1) is 17.2. The molecular formula is C22H21N7. The van der Waals surface area contributed by atoms with E-state index in [0.29, 0.717) is 12.5 Å². The fourth-order valence-corrected chi connectivity index (χ4v) is 3.37. The summed E-state index contributed by atoms with van der Waals surface area (Å²) in [6.07, 6.45) is 4.50. The van der Waals surface area contributed by atoms with E-state index >= 15 is 0 Å². The maximum absolute atomic E-state index is 4.60. The SMILES string of the molecule is c1ccc2[nH]c(CCNc3ccnc(NCc4ccc5[nH]ccc5c4)n3)nc2c1. The van der Waals surface area contributed by atoms with Gasteiger partial charge in [0.25, 0.3) is 0 Å². The standard InChI is InChI=1S/C22H21N7/c1-2-4-19-18(3-1)27-21(28-19)9-11-24-20-8-12-25-22(29-20)26-14-15-5-6-17-16(13-15)7-10-23-17/h1-8,10,12-13,23H,9,11,14H2,(H,27,28)(H2,24,25,26,29). The fourth-order valence-electron chi connectivity index (χ4n) is 3.37. The van der Waals surface area contributed by atoms with Crippen molar-refractivity contribution < 1.29 is 0 Å². The molecule has 144 valence electrons. The quantitative estimate of drug-likeness (QED) is 0.339.